The number of ketones is 1. The summed E-state index contributed by atoms with van der Waals surface area (Å²) in [5, 5.41) is 3.45. The highest BCUT2D eigenvalue weighted by molar-refractivity contribution is 5.80. The van der Waals surface area contributed by atoms with Crippen molar-refractivity contribution in [2.45, 2.75) is 38.3 Å². The second-order valence-electron chi connectivity index (χ2n) is 4.30. The van der Waals surface area contributed by atoms with Crippen molar-refractivity contribution in [2.75, 3.05) is 20.6 Å². The van der Waals surface area contributed by atoms with Crippen molar-refractivity contribution < 1.29 is 4.79 Å². The lowest BCUT2D eigenvalue weighted by Gasteiger charge is -2.28. The van der Waals surface area contributed by atoms with E-state index in [1.54, 1.807) is 0 Å². The fourth-order valence-corrected chi connectivity index (χ4v) is 1.82. The molecule has 0 bridgehead atoms. The molecule has 0 saturated carbocycles. The Bertz CT molecular complexity index is 180. The Morgan fingerprint density at radius 2 is 2.15 bits per heavy atom. The van der Waals surface area contributed by atoms with Crippen molar-refractivity contribution in [3.05, 3.63) is 0 Å². The second-order valence-corrected chi connectivity index (χ2v) is 4.30. The van der Waals surface area contributed by atoms with Gasteiger partial charge in [-0.3, -0.25) is 4.79 Å². The van der Waals surface area contributed by atoms with Crippen LogP contribution in [0.3, 0.4) is 0 Å². The molecule has 2 atom stereocenters. The molecule has 3 heteroatoms. The lowest BCUT2D eigenvalue weighted by molar-refractivity contribution is -0.121. The van der Waals surface area contributed by atoms with Gasteiger partial charge in [-0.1, -0.05) is 0 Å². The minimum absolute atomic E-state index is 0.369. The zero-order chi connectivity index (χ0) is 9.84. The summed E-state index contributed by atoms with van der Waals surface area (Å²) in [6.07, 6.45) is 2.50. The molecule has 76 valence electrons. The molecule has 1 saturated heterocycles. The van der Waals surface area contributed by atoms with E-state index in [1.807, 2.05) is 0 Å². The van der Waals surface area contributed by atoms with Gasteiger partial charge in [0.15, 0.2) is 0 Å². The van der Waals surface area contributed by atoms with Gasteiger partial charge in [-0.15, -0.1) is 0 Å². The third kappa shape index (κ3) is 3.87. The summed E-state index contributed by atoms with van der Waals surface area (Å²) in [6.45, 7) is 3.14. The summed E-state index contributed by atoms with van der Waals surface area (Å²) in [6, 6.07) is 0.770. The summed E-state index contributed by atoms with van der Waals surface area (Å²) >= 11 is 0. The van der Waals surface area contributed by atoms with Gasteiger partial charge in [0.25, 0.3) is 0 Å². The SMILES string of the molecule is CC1CC(=O)CC(CCN(C)C)N1. The van der Waals surface area contributed by atoms with Crippen molar-refractivity contribution in [2.24, 2.45) is 0 Å². The van der Waals surface area contributed by atoms with Gasteiger partial charge >= 0.3 is 0 Å². The first kappa shape index (κ1) is 10.7. The van der Waals surface area contributed by atoms with Crippen molar-refractivity contribution in [3.63, 3.8) is 0 Å². The highest BCUT2D eigenvalue weighted by atomic mass is 16.1. The maximum Gasteiger partial charge on any atom is 0.136 e. The number of piperidine rings is 1. The zero-order valence-corrected chi connectivity index (χ0v) is 8.84. The van der Waals surface area contributed by atoms with Gasteiger partial charge < -0.3 is 10.2 Å². The van der Waals surface area contributed by atoms with E-state index in [4.69, 9.17) is 0 Å². The summed E-state index contributed by atoms with van der Waals surface area (Å²) < 4.78 is 0. The lowest BCUT2D eigenvalue weighted by Crippen LogP contribution is -2.45. The lowest BCUT2D eigenvalue weighted by atomic mass is 9.96. The first-order valence-corrected chi connectivity index (χ1v) is 5.00. The Balaban J connectivity index is 2.29. The molecule has 0 radical (unpaired) electrons. The fraction of sp³-hybridized carbons (Fsp3) is 0.900. The number of carbonyl (C=O) groups is 1. The average Bonchev–Trinajstić information content (AvgIpc) is 1.99. The smallest absolute Gasteiger partial charge is 0.136 e. The molecule has 0 aromatic heterocycles. The Morgan fingerprint density at radius 1 is 1.46 bits per heavy atom. The maximum atomic E-state index is 11.3. The second kappa shape index (κ2) is 4.72. The predicted octanol–water partition coefficient (Wildman–Crippen LogP) is 0.648. The molecule has 0 aromatic carbocycles. The minimum Gasteiger partial charge on any atom is -0.311 e. The minimum atomic E-state index is 0.369. The molecular weight excluding hydrogens is 164 g/mol. The third-order valence-electron chi connectivity index (χ3n) is 2.45. The van der Waals surface area contributed by atoms with E-state index in [2.05, 4.69) is 31.2 Å². The zero-order valence-electron chi connectivity index (χ0n) is 8.84. The largest absolute Gasteiger partial charge is 0.311 e. The Morgan fingerprint density at radius 3 is 2.69 bits per heavy atom. The highest BCUT2D eigenvalue weighted by Crippen LogP contribution is 2.11. The number of rotatable bonds is 3. The van der Waals surface area contributed by atoms with Crippen LogP contribution >= 0.6 is 0 Å². The highest BCUT2D eigenvalue weighted by Gasteiger charge is 2.23. The molecule has 13 heavy (non-hydrogen) atoms. The van der Waals surface area contributed by atoms with Gasteiger partial charge in [-0.25, -0.2) is 0 Å². The van der Waals surface area contributed by atoms with Crippen LogP contribution in [0.4, 0.5) is 0 Å². The number of carbonyl (C=O) groups excluding carboxylic acids is 1. The molecule has 1 heterocycles. The molecule has 0 aromatic rings. The van der Waals surface area contributed by atoms with Gasteiger partial charge in [-0.2, -0.15) is 0 Å². The van der Waals surface area contributed by atoms with Crippen LogP contribution in [0.2, 0.25) is 0 Å². The van der Waals surface area contributed by atoms with Crippen molar-refractivity contribution in [3.8, 4) is 0 Å². The molecule has 0 aliphatic carbocycles. The van der Waals surface area contributed by atoms with E-state index in [-0.39, 0.29) is 0 Å². The molecular formula is C10H20N2O. The van der Waals surface area contributed by atoms with Crippen LogP contribution in [0.15, 0.2) is 0 Å². The molecule has 1 fully saturated rings. The van der Waals surface area contributed by atoms with Crippen molar-refractivity contribution in [1.82, 2.24) is 10.2 Å². The Hall–Kier alpha value is -0.410. The molecule has 2 unspecified atom stereocenters. The summed E-state index contributed by atoms with van der Waals surface area (Å²) in [5.74, 6) is 0.412. The van der Waals surface area contributed by atoms with E-state index in [1.165, 1.54) is 0 Å². The third-order valence-corrected chi connectivity index (χ3v) is 2.45. The summed E-state index contributed by atoms with van der Waals surface area (Å²) in [5.41, 5.74) is 0. The van der Waals surface area contributed by atoms with E-state index in [0.29, 0.717) is 24.3 Å². The molecule has 1 aliphatic heterocycles. The van der Waals surface area contributed by atoms with Crippen LogP contribution in [0.25, 0.3) is 0 Å². The summed E-state index contributed by atoms with van der Waals surface area (Å²) in [4.78, 5) is 13.4. The standard InChI is InChI=1S/C10H20N2O/c1-8-6-10(13)7-9(11-8)4-5-12(2)3/h8-9,11H,4-7H2,1-3H3. The monoisotopic (exact) mass is 184 g/mol. The quantitative estimate of drug-likeness (QED) is 0.699. The summed E-state index contributed by atoms with van der Waals surface area (Å²) in [7, 11) is 4.13. The average molecular weight is 184 g/mol. The van der Waals surface area contributed by atoms with Crippen LogP contribution in [-0.4, -0.2) is 43.4 Å². The van der Waals surface area contributed by atoms with E-state index in [0.717, 1.165) is 19.4 Å². The topological polar surface area (TPSA) is 32.3 Å². The Labute approximate surface area is 80.5 Å². The molecule has 1 N–H and O–H groups in total. The van der Waals surface area contributed by atoms with Crippen LogP contribution in [0, 0.1) is 0 Å². The first-order chi connectivity index (χ1) is 6.08. The van der Waals surface area contributed by atoms with E-state index in [9.17, 15) is 4.79 Å². The van der Waals surface area contributed by atoms with Crippen LogP contribution in [-0.2, 0) is 4.79 Å². The van der Waals surface area contributed by atoms with Gasteiger partial charge in [0.2, 0.25) is 0 Å². The number of nitrogens with zero attached hydrogens (tertiary/aromatic N) is 1. The fourth-order valence-electron chi connectivity index (χ4n) is 1.82. The predicted molar refractivity (Wildman–Crippen MR) is 53.8 cm³/mol. The van der Waals surface area contributed by atoms with E-state index >= 15 is 0 Å². The molecule has 1 aliphatic rings. The van der Waals surface area contributed by atoms with Gasteiger partial charge in [0.05, 0.1) is 0 Å². The van der Waals surface area contributed by atoms with Crippen LogP contribution in [0.5, 0.6) is 0 Å². The number of nitrogens with one attached hydrogen (secondary N) is 1. The van der Waals surface area contributed by atoms with Gasteiger partial charge in [-0.05, 0) is 34.0 Å². The van der Waals surface area contributed by atoms with Gasteiger partial charge in [0, 0.05) is 24.9 Å². The number of hydrogen-bond acceptors (Lipinski definition) is 3. The van der Waals surface area contributed by atoms with Crippen molar-refractivity contribution in [1.29, 1.82) is 0 Å². The van der Waals surface area contributed by atoms with E-state index < -0.39 is 0 Å². The number of Topliss-reactive ketones (excluding diaryl/α,β-unsaturated/α-hetero) is 1. The number of hydrogen-bond donors (Lipinski definition) is 1. The first-order valence-electron chi connectivity index (χ1n) is 5.00. The molecule has 3 nitrogen and oxygen atoms in total. The molecule has 0 spiro atoms. The van der Waals surface area contributed by atoms with Crippen LogP contribution in [0.1, 0.15) is 26.2 Å². The maximum absolute atomic E-state index is 11.3. The molecule has 1 rings (SSSR count). The molecule has 0 amide bonds. The normalized spacial score (nSPS) is 29.7. The Kier molecular flexibility index (Phi) is 3.88. The van der Waals surface area contributed by atoms with Crippen LogP contribution < -0.4 is 5.32 Å². The van der Waals surface area contributed by atoms with Gasteiger partial charge in [0.1, 0.15) is 5.78 Å². The van der Waals surface area contributed by atoms with Crippen molar-refractivity contribution >= 4 is 5.78 Å².